The summed E-state index contributed by atoms with van der Waals surface area (Å²) < 4.78 is 17.2. The Kier molecular flexibility index (Phi) is 5.77. The maximum Gasteiger partial charge on any atom is 0.374 e. The van der Waals surface area contributed by atoms with E-state index in [-0.39, 0.29) is 5.76 Å². The number of hydrogen-bond donors (Lipinski definition) is 1. The summed E-state index contributed by atoms with van der Waals surface area (Å²) in [6, 6.07) is 9.70. The predicted octanol–water partition coefficient (Wildman–Crippen LogP) is 2.98. The number of hydrogen-bond acceptors (Lipinski definition) is 6. The molecular weight excluding hydrogens is 374 g/mol. The van der Waals surface area contributed by atoms with Gasteiger partial charge in [-0.3, -0.25) is 9.48 Å². The Hall–Kier alpha value is -3.26. The number of furan rings is 1. The number of ether oxygens (including phenoxy) is 2. The SMILES string of the molecule is COc1ccc(Cl)cc1NC(=O)COC(=O)c1ccc(Cn2cccn2)o1. The topological polar surface area (TPSA) is 95.6 Å². The minimum Gasteiger partial charge on any atom is -0.495 e. The number of carbonyl (C=O) groups excluding carboxylic acids is 2. The zero-order chi connectivity index (χ0) is 19.2. The van der Waals surface area contributed by atoms with Gasteiger partial charge in [-0.1, -0.05) is 11.6 Å². The summed E-state index contributed by atoms with van der Waals surface area (Å²) in [4.78, 5) is 24.0. The first-order valence-electron chi connectivity index (χ1n) is 7.92. The van der Waals surface area contributed by atoms with Crippen LogP contribution in [0.1, 0.15) is 16.3 Å². The second kappa shape index (κ2) is 8.41. The standard InChI is InChI=1S/C18H16ClN3O5/c1-25-15-5-3-12(19)9-14(15)21-17(23)11-26-18(24)16-6-4-13(27-16)10-22-8-2-7-20-22/h2-9H,10-11H2,1H3,(H,21,23). The largest absolute Gasteiger partial charge is 0.495 e. The molecule has 27 heavy (non-hydrogen) atoms. The van der Waals surface area contributed by atoms with Crippen LogP contribution in [0.2, 0.25) is 5.02 Å². The summed E-state index contributed by atoms with van der Waals surface area (Å²) >= 11 is 5.91. The maximum atomic E-state index is 12.0. The van der Waals surface area contributed by atoms with Crippen molar-refractivity contribution in [3.63, 3.8) is 0 Å². The molecule has 1 amide bonds. The fourth-order valence-electron chi connectivity index (χ4n) is 2.29. The summed E-state index contributed by atoms with van der Waals surface area (Å²) in [6.45, 7) is -0.0982. The van der Waals surface area contributed by atoms with E-state index < -0.39 is 18.5 Å². The molecular formula is C18H16ClN3O5. The van der Waals surface area contributed by atoms with Crippen molar-refractivity contribution in [2.75, 3.05) is 19.0 Å². The molecule has 0 radical (unpaired) electrons. The highest BCUT2D eigenvalue weighted by Crippen LogP contribution is 2.27. The summed E-state index contributed by atoms with van der Waals surface area (Å²) in [5.41, 5.74) is 0.380. The third-order valence-electron chi connectivity index (χ3n) is 3.51. The van der Waals surface area contributed by atoms with Crippen molar-refractivity contribution in [1.29, 1.82) is 0 Å². The van der Waals surface area contributed by atoms with E-state index in [1.807, 2.05) is 0 Å². The van der Waals surface area contributed by atoms with Gasteiger partial charge in [-0.2, -0.15) is 5.10 Å². The van der Waals surface area contributed by atoms with Crippen molar-refractivity contribution >= 4 is 29.2 Å². The molecule has 0 saturated carbocycles. The van der Waals surface area contributed by atoms with Crippen molar-refractivity contribution in [1.82, 2.24) is 9.78 Å². The number of carbonyl (C=O) groups is 2. The van der Waals surface area contributed by atoms with Crippen molar-refractivity contribution in [2.45, 2.75) is 6.54 Å². The van der Waals surface area contributed by atoms with E-state index in [0.29, 0.717) is 28.8 Å². The van der Waals surface area contributed by atoms with Gasteiger partial charge in [0.15, 0.2) is 6.61 Å². The lowest BCUT2D eigenvalue weighted by atomic mass is 10.3. The average molecular weight is 390 g/mol. The normalized spacial score (nSPS) is 10.4. The number of halogens is 1. The Morgan fingerprint density at radius 1 is 1.30 bits per heavy atom. The van der Waals surface area contributed by atoms with Crippen molar-refractivity contribution in [3.05, 3.63) is 65.3 Å². The van der Waals surface area contributed by atoms with Crippen LogP contribution in [-0.2, 0) is 16.1 Å². The summed E-state index contributed by atoms with van der Waals surface area (Å²) in [7, 11) is 1.47. The molecule has 2 aromatic heterocycles. The molecule has 2 heterocycles. The van der Waals surface area contributed by atoms with Gasteiger partial charge in [-0.25, -0.2) is 4.79 Å². The van der Waals surface area contributed by atoms with Crippen molar-refractivity contribution in [3.8, 4) is 5.75 Å². The van der Waals surface area contributed by atoms with Gasteiger partial charge in [0.25, 0.3) is 5.91 Å². The monoisotopic (exact) mass is 389 g/mol. The smallest absolute Gasteiger partial charge is 0.374 e. The lowest BCUT2D eigenvalue weighted by molar-refractivity contribution is -0.119. The summed E-state index contributed by atoms with van der Waals surface area (Å²) in [6.07, 6.45) is 3.42. The first-order chi connectivity index (χ1) is 13.0. The molecule has 3 rings (SSSR count). The average Bonchev–Trinajstić information content (AvgIpc) is 3.32. The Morgan fingerprint density at radius 3 is 2.89 bits per heavy atom. The number of anilines is 1. The van der Waals surface area contributed by atoms with Gasteiger partial charge in [-0.15, -0.1) is 0 Å². The van der Waals surface area contributed by atoms with Crippen LogP contribution >= 0.6 is 11.6 Å². The zero-order valence-corrected chi connectivity index (χ0v) is 15.1. The fourth-order valence-corrected chi connectivity index (χ4v) is 2.46. The first kappa shape index (κ1) is 18.5. The Bertz CT molecular complexity index is 936. The van der Waals surface area contributed by atoms with Gasteiger partial charge in [0.05, 0.1) is 19.3 Å². The van der Waals surface area contributed by atoms with Crippen LogP contribution in [0.4, 0.5) is 5.69 Å². The second-order valence-electron chi connectivity index (χ2n) is 5.44. The first-order valence-corrected chi connectivity index (χ1v) is 8.29. The highest BCUT2D eigenvalue weighted by atomic mass is 35.5. The molecule has 0 spiro atoms. The van der Waals surface area contributed by atoms with Crippen LogP contribution < -0.4 is 10.1 Å². The molecule has 1 aromatic carbocycles. The van der Waals surface area contributed by atoms with Crippen molar-refractivity contribution < 1.29 is 23.5 Å². The van der Waals surface area contributed by atoms with E-state index >= 15 is 0 Å². The van der Waals surface area contributed by atoms with Crippen molar-refractivity contribution in [2.24, 2.45) is 0 Å². The van der Waals surface area contributed by atoms with Crippen LogP contribution in [0.5, 0.6) is 5.75 Å². The number of aromatic nitrogens is 2. The van der Waals surface area contributed by atoms with E-state index in [0.717, 1.165) is 0 Å². The van der Waals surface area contributed by atoms with E-state index in [1.165, 1.54) is 19.2 Å². The van der Waals surface area contributed by atoms with Gasteiger partial charge < -0.3 is 19.2 Å². The molecule has 0 aliphatic rings. The molecule has 3 aromatic rings. The zero-order valence-electron chi connectivity index (χ0n) is 14.3. The number of amides is 1. The third-order valence-corrected chi connectivity index (χ3v) is 3.74. The van der Waals surface area contributed by atoms with Crippen LogP contribution in [0, 0.1) is 0 Å². The van der Waals surface area contributed by atoms with Gasteiger partial charge in [-0.05, 0) is 36.4 Å². The predicted molar refractivity (Wildman–Crippen MR) is 97.0 cm³/mol. The number of esters is 1. The minimum absolute atomic E-state index is 0.00490. The summed E-state index contributed by atoms with van der Waals surface area (Å²) in [5, 5.41) is 7.06. The fraction of sp³-hybridized carbons (Fsp3) is 0.167. The van der Waals surface area contributed by atoms with Crippen LogP contribution in [-0.4, -0.2) is 35.4 Å². The lowest BCUT2D eigenvalue weighted by Gasteiger charge is -2.10. The van der Waals surface area contributed by atoms with E-state index in [9.17, 15) is 9.59 Å². The Labute approximate surface area is 159 Å². The molecule has 0 bridgehead atoms. The van der Waals surface area contributed by atoms with Gasteiger partial charge in [0.1, 0.15) is 11.5 Å². The highest BCUT2D eigenvalue weighted by molar-refractivity contribution is 6.31. The molecule has 9 heteroatoms. The molecule has 1 N–H and O–H groups in total. The third kappa shape index (κ3) is 4.89. The van der Waals surface area contributed by atoms with E-state index in [2.05, 4.69) is 10.4 Å². The second-order valence-corrected chi connectivity index (χ2v) is 5.87. The molecule has 8 nitrogen and oxygen atoms in total. The van der Waals surface area contributed by atoms with Crippen LogP contribution in [0.3, 0.4) is 0 Å². The Morgan fingerprint density at radius 2 is 2.15 bits per heavy atom. The van der Waals surface area contributed by atoms with Gasteiger partial charge >= 0.3 is 5.97 Å². The highest BCUT2D eigenvalue weighted by Gasteiger charge is 2.16. The number of methoxy groups -OCH3 is 1. The number of benzene rings is 1. The molecule has 0 aliphatic carbocycles. The molecule has 0 unspecified atom stereocenters. The van der Waals surface area contributed by atoms with Crippen LogP contribution in [0.25, 0.3) is 0 Å². The van der Waals surface area contributed by atoms with Gasteiger partial charge in [0, 0.05) is 17.4 Å². The maximum absolute atomic E-state index is 12.0. The number of nitrogens with one attached hydrogen (secondary N) is 1. The molecule has 0 saturated heterocycles. The number of rotatable bonds is 7. The molecule has 140 valence electrons. The summed E-state index contributed by atoms with van der Waals surface area (Å²) in [5.74, 6) is -0.292. The molecule has 0 atom stereocenters. The molecule has 0 aliphatic heterocycles. The Balaban J connectivity index is 1.54. The van der Waals surface area contributed by atoms with E-state index in [1.54, 1.807) is 41.3 Å². The minimum atomic E-state index is -0.741. The van der Waals surface area contributed by atoms with Gasteiger partial charge in [0.2, 0.25) is 5.76 Å². The lowest BCUT2D eigenvalue weighted by Crippen LogP contribution is -2.21. The molecule has 0 fully saturated rings. The van der Waals surface area contributed by atoms with Crippen LogP contribution in [0.15, 0.2) is 53.2 Å². The quantitative estimate of drug-likeness (QED) is 0.624. The van der Waals surface area contributed by atoms with E-state index in [4.69, 9.17) is 25.5 Å². The number of nitrogens with zero attached hydrogens (tertiary/aromatic N) is 2.